The first kappa shape index (κ1) is 17.6. The van der Waals surface area contributed by atoms with Gasteiger partial charge in [-0.2, -0.15) is 0 Å². The Balaban J connectivity index is 1.20. The van der Waals surface area contributed by atoms with Crippen LogP contribution in [0.1, 0.15) is 33.0 Å². The number of piperazine rings is 1. The molecule has 2 aromatic rings. The van der Waals surface area contributed by atoms with Crippen molar-refractivity contribution in [2.75, 3.05) is 44.2 Å². The molecular weight excluding hydrogens is 342 g/mol. The van der Waals surface area contributed by atoms with Gasteiger partial charge in [0, 0.05) is 49.8 Å². The summed E-state index contributed by atoms with van der Waals surface area (Å²) in [4.78, 5) is 19.6. The van der Waals surface area contributed by atoms with E-state index in [1.54, 1.807) is 11.3 Å². The Hall–Kier alpha value is -1.85. The van der Waals surface area contributed by atoms with E-state index < -0.39 is 0 Å². The number of thiophene rings is 1. The second-order valence-electron chi connectivity index (χ2n) is 7.19. The van der Waals surface area contributed by atoms with Crippen LogP contribution in [0.2, 0.25) is 0 Å². The van der Waals surface area contributed by atoms with E-state index in [1.807, 2.05) is 0 Å². The van der Waals surface area contributed by atoms with Crippen LogP contribution in [0, 0.1) is 0 Å². The maximum atomic E-state index is 12.4. The number of aryl methyl sites for hydroxylation is 2. The van der Waals surface area contributed by atoms with Crippen LogP contribution >= 0.6 is 11.3 Å². The Kier molecular flexibility index (Phi) is 5.56. The van der Waals surface area contributed by atoms with Crippen molar-refractivity contribution in [2.24, 2.45) is 0 Å². The number of hydrogen-bond acceptors (Lipinski definition) is 4. The number of hydrogen-bond donors (Lipinski definition) is 1. The van der Waals surface area contributed by atoms with Crippen LogP contribution in [0.4, 0.5) is 5.69 Å². The molecule has 1 amide bonds. The third-order valence-electron chi connectivity index (χ3n) is 5.43. The second-order valence-corrected chi connectivity index (χ2v) is 8.32. The largest absolute Gasteiger partial charge is 0.369 e. The summed E-state index contributed by atoms with van der Waals surface area (Å²) >= 11 is 1.70. The smallest absolute Gasteiger partial charge is 0.261 e. The van der Waals surface area contributed by atoms with Gasteiger partial charge in [-0.1, -0.05) is 18.2 Å². The number of fused-ring (bicyclic) bond motifs is 1. The van der Waals surface area contributed by atoms with Crippen molar-refractivity contribution in [2.45, 2.75) is 25.7 Å². The van der Waals surface area contributed by atoms with Gasteiger partial charge in [0.05, 0.1) is 4.88 Å². The van der Waals surface area contributed by atoms with Gasteiger partial charge in [-0.25, -0.2) is 0 Å². The van der Waals surface area contributed by atoms with Gasteiger partial charge >= 0.3 is 0 Å². The first-order valence-electron chi connectivity index (χ1n) is 9.72. The van der Waals surface area contributed by atoms with E-state index in [0.29, 0.717) is 0 Å². The third kappa shape index (κ3) is 4.10. The third-order valence-corrected chi connectivity index (χ3v) is 6.66. The SMILES string of the molecule is O=C(NCCN1CCN(c2ccccc2)CC1)c1cc2c(s1)CCCC2. The van der Waals surface area contributed by atoms with E-state index in [0.717, 1.165) is 57.0 Å². The molecule has 1 aromatic carbocycles. The van der Waals surface area contributed by atoms with E-state index in [1.165, 1.54) is 29.0 Å². The van der Waals surface area contributed by atoms with Crippen LogP contribution in [0.3, 0.4) is 0 Å². The Morgan fingerprint density at radius 1 is 1.04 bits per heavy atom. The predicted octanol–water partition coefficient (Wildman–Crippen LogP) is 3.18. The lowest BCUT2D eigenvalue weighted by molar-refractivity contribution is 0.0952. The fourth-order valence-electron chi connectivity index (χ4n) is 3.89. The van der Waals surface area contributed by atoms with Crippen molar-refractivity contribution in [3.63, 3.8) is 0 Å². The Bertz CT molecular complexity index is 711. The van der Waals surface area contributed by atoms with Crippen LogP contribution in [-0.2, 0) is 12.8 Å². The van der Waals surface area contributed by atoms with Crippen molar-refractivity contribution in [1.82, 2.24) is 10.2 Å². The lowest BCUT2D eigenvalue weighted by atomic mass is 9.99. The molecule has 0 spiro atoms. The number of anilines is 1. The van der Waals surface area contributed by atoms with E-state index >= 15 is 0 Å². The minimum atomic E-state index is 0.104. The Morgan fingerprint density at radius 2 is 1.81 bits per heavy atom. The molecule has 0 saturated carbocycles. The van der Waals surface area contributed by atoms with Gasteiger partial charge in [-0.15, -0.1) is 11.3 Å². The molecule has 4 rings (SSSR count). The summed E-state index contributed by atoms with van der Waals surface area (Å²) in [5.41, 5.74) is 2.71. The number of nitrogens with one attached hydrogen (secondary N) is 1. The molecule has 1 fully saturated rings. The van der Waals surface area contributed by atoms with E-state index in [2.05, 4.69) is 51.5 Å². The number of nitrogens with zero attached hydrogens (tertiary/aromatic N) is 2. The summed E-state index contributed by atoms with van der Waals surface area (Å²) in [6.07, 6.45) is 4.83. The van der Waals surface area contributed by atoms with Crippen molar-refractivity contribution < 1.29 is 4.79 Å². The fraction of sp³-hybridized carbons (Fsp3) is 0.476. The minimum Gasteiger partial charge on any atom is -0.369 e. The topological polar surface area (TPSA) is 35.6 Å². The molecule has 2 aliphatic rings. The predicted molar refractivity (Wildman–Crippen MR) is 108 cm³/mol. The summed E-state index contributed by atoms with van der Waals surface area (Å²) in [5.74, 6) is 0.104. The highest BCUT2D eigenvalue weighted by atomic mass is 32.1. The van der Waals surface area contributed by atoms with E-state index in [-0.39, 0.29) is 5.91 Å². The molecule has 1 aromatic heterocycles. The van der Waals surface area contributed by atoms with Crippen molar-refractivity contribution in [3.05, 3.63) is 51.7 Å². The van der Waals surface area contributed by atoms with E-state index in [9.17, 15) is 4.79 Å². The molecule has 0 radical (unpaired) electrons. The van der Waals surface area contributed by atoms with Crippen LogP contribution < -0.4 is 10.2 Å². The molecular formula is C21H27N3OS. The van der Waals surface area contributed by atoms with Gasteiger partial charge in [0.1, 0.15) is 0 Å². The summed E-state index contributed by atoms with van der Waals surface area (Å²) in [5, 5.41) is 3.11. The molecule has 2 heterocycles. The highest BCUT2D eigenvalue weighted by Gasteiger charge is 2.19. The maximum absolute atomic E-state index is 12.4. The summed E-state index contributed by atoms with van der Waals surface area (Å²) in [6.45, 7) is 5.87. The molecule has 5 heteroatoms. The fourth-order valence-corrected chi connectivity index (χ4v) is 5.06. The summed E-state index contributed by atoms with van der Waals surface area (Å²) in [6, 6.07) is 12.7. The summed E-state index contributed by atoms with van der Waals surface area (Å²) in [7, 11) is 0. The van der Waals surface area contributed by atoms with Crippen LogP contribution in [0.15, 0.2) is 36.4 Å². The second kappa shape index (κ2) is 8.23. The Morgan fingerprint density at radius 3 is 2.58 bits per heavy atom. The number of benzene rings is 1. The quantitative estimate of drug-likeness (QED) is 0.879. The van der Waals surface area contributed by atoms with Gasteiger partial charge in [0.25, 0.3) is 5.91 Å². The average Bonchev–Trinajstić information content (AvgIpc) is 3.13. The van der Waals surface area contributed by atoms with Crippen molar-refractivity contribution >= 4 is 22.9 Å². The number of para-hydroxylation sites is 1. The minimum absolute atomic E-state index is 0.104. The molecule has 1 saturated heterocycles. The lowest BCUT2D eigenvalue weighted by Crippen LogP contribution is -2.48. The highest BCUT2D eigenvalue weighted by molar-refractivity contribution is 7.14. The molecule has 0 atom stereocenters. The van der Waals surface area contributed by atoms with E-state index in [4.69, 9.17) is 0 Å². The van der Waals surface area contributed by atoms with Crippen LogP contribution in [-0.4, -0.2) is 50.1 Å². The molecule has 138 valence electrons. The standard InChI is InChI=1S/C21H27N3OS/c25-21(20-16-17-6-4-5-9-19(17)26-20)22-10-11-23-12-14-24(15-13-23)18-7-2-1-3-8-18/h1-3,7-8,16H,4-6,9-15H2,(H,22,25). The molecule has 0 unspecified atom stereocenters. The molecule has 4 nitrogen and oxygen atoms in total. The van der Waals surface area contributed by atoms with Gasteiger partial charge in [-0.3, -0.25) is 9.69 Å². The normalized spacial score (nSPS) is 17.8. The average molecular weight is 370 g/mol. The van der Waals surface area contributed by atoms with Gasteiger partial charge in [0.2, 0.25) is 0 Å². The molecule has 1 aliphatic carbocycles. The zero-order valence-electron chi connectivity index (χ0n) is 15.2. The van der Waals surface area contributed by atoms with Crippen LogP contribution in [0.5, 0.6) is 0 Å². The van der Waals surface area contributed by atoms with Crippen molar-refractivity contribution in [1.29, 1.82) is 0 Å². The molecule has 1 aliphatic heterocycles. The zero-order chi connectivity index (χ0) is 17.8. The number of rotatable bonds is 5. The van der Waals surface area contributed by atoms with Crippen LogP contribution in [0.25, 0.3) is 0 Å². The van der Waals surface area contributed by atoms with Gasteiger partial charge in [0.15, 0.2) is 0 Å². The van der Waals surface area contributed by atoms with Crippen molar-refractivity contribution in [3.8, 4) is 0 Å². The molecule has 0 bridgehead atoms. The lowest BCUT2D eigenvalue weighted by Gasteiger charge is -2.36. The first-order valence-corrected chi connectivity index (χ1v) is 10.5. The summed E-state index contributed by atoms with van der Waals surface area (Å²) < 4.78 is 0. The number of carbonyl (C=O) groups excluding carboxylic acids is 1. The van der Waals surface area contributed by atoms with Gasteiger partial charge < -0.3 is 10.2 Å². The first-order chi connectivity index (χ1) is 12.8. The Labute approximate surface area is 159 Å². The molecule has 26 heavy (non-hydrogen) atoms. The maximum Gasteiger partial charge on any atom is 0.261 e. The molecule has 1 N–H and O–H groups in total. The van der Waals surface area contributed by atoms with Gasteiger partial charge in [-0.05, 0) is 49.4 Å². The highest BCUT2D eigenvalue weighted by Crippen LogP contribution is 2.29. The monoisotopic (exact) mass is 369 g/mol. The zero-order valence-corrected chi connectivity index (χ0v) is 16.1. The number of amides is 1. The number of carbonyl (C=O) groups is 1.